The monoisotopic (exact) mass is 326 g/mol. The molecule has 1 aliphatic rings. The fourth-order valence-corrected chi connectivity index (χ4v) is 3.35. The van der Waals surface area contributed by atoms with Gasteiger partial charge in [0, 0.05) is 17.1 Å². The highest BCUT2D eigenvalue weighted by Crippen LogP contribution is 2.32. The van der Waals surface area contributed by atoms with Gasteiger partial charge in [0.2, 0.25) is 0 Å². The van der Waals surface area contributed by atoms with E-state index >= 15 is 0 Å². The van der Waals surface area contributed by atoms with Crippen molar-refractivity contribution >= 4 is 21.6 Å². The Balaban J connectivity index is 2.28. The Morgan fingerprint density at radius 1 is 1.42 bits per heavy atom. The molecule has 1 heterocycles. The van der Waals surface area contributed by atoms with Crippen LogP contribution in [-0.2, 0) is 0 Å². The molecule has 0 saturated carbocycles. The van der Waals surface area contributed by atoms with Crippen molar-refractivity contribution in [3.05, 3.63) is 28.2 Å². The fourth-order valence-electron chi connectivity index (χ4n) is 2.72. The van der Waals surface area contributed by atoms with Crippen LogP contribution in [0.1, 0.15) is 44.2 Å². The number of nitrogens with two attached hydrogens (primary N) is 1. The molecular formula is C15H23BrN2O. The first-order valence-electron chi connectivity index (χ1n) is 7.06. The Labute approximate surface area is 123 Å². The van der Waals surface area contributed by atoms with Gasteiger partial charge in [-0.2, -0.15) is 0 Å². The first-order valence-corrected chi connectivity index (χ1v) is 7.85. The summed E-state index contributed by atoms with van der Waals surface area (Å²) in [5.74, 6) is 0. The maximum Gasteiger partial charge on any atom is 0.0635 e. The lowest BCUT2D eigenvalue weighted by atomic mass is 10.1. The maximum atomic E-state index is 9.60. The highest BCUT2D eigenvalue weighted by Gasteiger charge is 2.22. The number of benzene rings is 1. The van der Waals surface area contributed by atoms with E-state index in [4.69, 9.17) is 5.73 Å². The fraction of sp³-hybridized carbons (Fsp3) is 0.600. The van der Waals surface area contributed by atoms with Gasteiger partial charge in [-0.25, -0.2) is 0 Å². The van der Waals surface area contributed by atoms with Crippen molar-refractivity contribution in [1.82, 2.24) is 0 Å². The summed E-state index contributed by atoms with van der Waals surface area (Å²) in [6, 6.07) is 6.59. The molecule has 1 aromatic rings. The van der Waals surface area contributed by atoms with Crippen LogP contribution >= 0.6 is 15.9 Å². The summed E-state index contributed by atoms with van der Waals surface area (Å²) in [6.07, 6.45) is 4.72. The summed E-state index contributed by atoms with van der Waals surface area (Å²) in [6.45, 7) is 3.23. The Hall–Kier alpha value is -0.580. The summed E-state index contributed by atoms with van der Waals surface area (Å²) in [4.78, 5) is 2.34. The number of anilines is 1. The Morgan fingerprint density at radius 3 is 2.84 bits per heavy atom. The number of hydrogen-bond acceptors (Lipinski definition) is 3. The van der Waals surface area contributed by atoms with E-state index in [0.717, 1.165) is 23.0 Å². The molecule has 0 bridgehead atoms. The maximum absolute atomic E-state index is 9.60. The molecule has 1 fully saturated rings. The van der Waals surface area contributed by atoms with Gasteiger partial charge in [-0.1, -0.05) is 18.9 Å². The van der Waals surface area contributed by atoms with Gasteiger partial charge < -0.3 is 15.7 Å². The Kier molecular flexibility index (Phi) is 5.25. The van der Waals surface area contributed by atoms with Gasteiger partial charge in [-0.3, -0.25) is 0 Å². The van der Waals surface area contributed by atoms with Crippen LogP contribution in [0.4, 0.5) is 5.69 Å². The largest absolute Gasteiger partial charge is 0.394 e. The van der Waals surface area contributed by atoms with Crippen LogP contribution < -0.4 is 10.6 Å². The predicted molar refractivity (Wildman–Crippen MR) is 83.4 cm³/mol. The summed E-state index contributed by atoms with van der Waals surface area (Å²) in [5, 5.41) is 9.60. The zero-order valence-corrected chi connectivity index (χ0v) is 13.1. The molecule has 0 radical (unpaired) electrons. The Bertz CT molecular complexity index is 423. The van der Waals surface area contributed by atoms with E-state index in [-0.39, 0.29) is 18.7 Å². The minimum atomic E-state index is 0.0446. The summed E-state index contributed by atoms with van der Waals surface area (Å²) in [7, 11) is 0. The minimum Gasteiger partial charge on any atom is -0.394 e. The van der Waals surface area contributed by atoms with Crippen LogP contribution in [0.25, 0.3) is 0 Å². The molecule has 4 heteroatoms. The summed E-state index contributed by atoms with van der Waals surface area (Å²) in [5.41, 5.74) is 8.22. The average molecular weight is 327 g/mol. The molecule has 2 unspecified atom stereocenters. The third-order valence-corrected chi connectivity index (χ3v) is 4.53. The van der Waals surface area contributed by atoms with Crippen molar-refractivity contribution < 1.29 is 5.11 Å². The molecule has 1 saturated heterocycles. The van der Waals surface area contributed by atoms with Crippen molar-refractivity contribution in [3.63, 3.8) is 0 Å². The van der Waals surface area contributed by atoms with E-state index in [0.29, 0.717) is 0 Å². The van der Waals surface area contributed by atoms with Crippen LogP contribution in [0.2, 0.25) is 0 Å². The number of rotatable bonds is 3. The SMILES string of the molecule is CC(N)c1ccc(N2CCCCCC2CO)c(Br)c1. The van der Waals surface area contributed by atoms with Crippen molar-refractivity contribution in [2.24, 2.45) is 5.73 Å². The molecule has 1 aromatic carbocycles. The summed E-state index contributed by atoms with van der Waals surface area (Å²) >= 11 is 3.65. The molecule has 0 aliphatic carbocycles. The van der Waals surface area contributed by atoms with Crippen LogP contribution in [0.3, 0.4) is 0 Å². The van der Waals surface area contributed by atoms with Gasteiger partial charge in [0.15, 0.2) is 0 Å². The van der Waals surface area contributed by atoms with Crippen molar-refractivity contribution in [2.75, 3.05) is 18.1 Å². The number of nitrogens with zero attached hydrogens (tertiary/aromatic N) is 1. The summed E-state index contributed by atoms with van der Waals surface area (Å²) < 4.78 is 1.07. The van der Waals surface area contributed by atoms with Gasteiger partial charge in [0.05, 0.1) is 18.3 Å². The second-order valence-electron chi connectivity index (χ2n) is 5.38. The molecule has 3 nitrogen and oxygen atoms in total. The highest BCUT2D eigenvalue weighted by molar-refractivity contribution is 9.10. The number of aliphatic hydroxyl groups is 1. The van der Waals surface area contributed by atoms with E-state index < -0.39 is 0 Å². The van der Waals surface area contributed by atoms with E-state index in [1.807, 2.05) is 6.92 Å². The molecule has 3 N–H and O–H groups in total. The quantitative estimate of drug-likeness (QED) is 0.896. The van der Waals surface area contributed by atoms with Crippen LogP contribution in [-0.4, -0.2) is 24.3 Å². The number of hydrogen-bond donors (Lipinski definition) is 2. The highest BCUT2D eigenvalue weighted by atomic mass is 79.9. The zero-order chi connectivity index (χ0) is 13.8. The van der Waals surface area contributed by atoms with E-state index in [1.165, 1.54) is 24.9 Å². The molecule has 0 amide bonds. The standard InChI is InChI=1S/C15H23BrN2O/c1-11(17)12-6-7-15(14(16)9-12)18-8-4-2-3-5-13(18)10-19/h6-7,9,11,13,19H,2-5,8,10,17H2,1H3. The van der Waals surface area contributed by atoms with Crippen molar-refractivity contribution in [1.29, 1.82) is 0 Å². The lowest BCUT2D eigenvalue weighted by Crippen LogP contribution is -2.37. The van der Waals surface area contributed by atoms with E-state index in [2.05, 4.69) is 39.0 Å². The molecule has 0 spiro atoms. The topological polar surface area (TPSA) is 49.5 Å². The molecule has 2 atom stereocenters. The smallest absolute Gasteiger partial charge is 0.0635 e. The van der Waals surface area contributed by atoms with E-state index in [1.54, 1.807) is 0 Å². The third kappa shape index (κ3) is 3.50. The van der Waals surface area contributed by atoms with Gasteiger partial charge in [-0.15, -0.1) is 0 Å². The van der Waals surface area contributed by atoms with Crippen LogP contribution in [0.15, 0.2) is 22.7 Å². The lowest BCUT2D eigenvalue weighted by molar-refractivity contribution is 0.255. The predicted octanol–water partition coefficient (Wildman–Crippen LogP) is 3.21. The van der Waals surface area contributed by atoms with Crippen molar-refractivity contribution in [3.8, 4) is 0 Å². The van der Waals surface area contributed by atoms with Gasteiger partial charge in [0.25, 0.3) is 0 Å². The van der Waals surface area contributed by atoms with Gasteiger partial charge >= 0.3 is 0 Å². The van der Waals surface area contributed by atoms with Crippen molar-refractivity contribution in [2.45, 2.75) is 44.7 Å². The molecule has 1 aliphatic heterocycles. The van der Waals surface area contributed by atoms with Gasteiger partial charge in [0.1, 0.15) is 0 Å². The molecular weight excluding hydrogens is 304 g/mol. The average Bonchev–Trinajstić information content (AvgIpc) is 2.63. The van der Waals surface area contributed by atoms with Gasteiger partial charge in [-0.05, 0) is 53.4 Å². The second-order valence-corrected chi connectivity index (χ2v) is 6.23. The normalized spacial score (nSPS) is 22.1. The van der Waals surface area contributed by atoms with Crippen LogP contribution in [0.5, 0.6) is 0 Å². The molecule has 19 heavy (non-hydrogen) atoms. The van der Waals surface area contributed by atoms with Crippen LogP contribution in [0, 0.1) is 0 Å². The molecule has 0 aromatic heterocycles. The Morgan fingerprint density at radius 2 is 2.21 bits per heavy atom. The number of halogens is 1. The molecule has 106 valence electrons. The van der Waals surface area contributed by atoms with E-state index in [9.17, 15) is 5.11 Å². The lowest BCUT2D eigenvalue weighted by Gasteiger charge is -2.32. The zero-order valence-electron chi connectivity index (χ0n) is 11.5. The first kappa shape index (κ1) is 14.8. The molecule has 2 rings (SSSR count). The third-order valence-electron chi connectivity index (χ3n) is 3.89. The first-order chi connectivity index (χ1) is 9.13. The number of aliphatic hydroxyl groups excluding tert-OH is 1. The second kappa shape index (κ2) is 6.73. The minimum absolute atomic E-state index is 0.0446.